The van der Waals surface area contributed by atoms with Gasteiger partial charge < -0.3 is 26.0 Å². The molecule has 1 aromatic carbocycles. The van der Waals surface area contributed by atoms with Crippen LogP contribution in [0.25, 0.3) is 0 Å². The maximum atomic E-state index is 12.8. The molecule has 0 spiro atoms. The van der Waals surface area contributed by atoms with E-state index in [4.69, 9.17) is 4.74 Å². The molecule has 0 fully saturated rings. The summed E-state index contributed by atoms with van der Waals surface area (Å²) in [6.07, 6.45) is 2.86. The first-order valence-electron chi connectivity index (χ1n) is 12.5. The van der Waals surface area contributed by atoms with Gasteiger partial charge in [0.2, 0.25) is 17.7 Å². The Labute approximate surface area is 215 Å². The molecule has 0 unspecified atom stereocenters. The van der Waals surface area contributed by atoms with Gasteiger partial charge in [-0.25, -0.2) is 0 Å². The topological polar surface area (TPSA) is 156 Å². The second kappa shape index (κ2) is 13.4. The molecule has 37 heavy (non-hydrogen) atoms. The summed E-state index contributed by atoms with van der Waals surface area (Å²) in [6, 6.07) is 5.10. The smallest absolute Gasteiger partial charge is 0.251 e. The lowest BCUT2D eigenvalue weighted by Crippen LogP contribution is -2.53. The zero-order valence-electron chi connectivity index (χ0n) is 21.5. The van der Waals surface area contributed by atoms with Crippen molar-refractivity contribution in [2.24, 2.45) is 5.92 Å². The number of benzene rings is 1. The van der Waals surface area contributed by atoms with E-state index in [0.29, 0.717) is 43.0 Å². The molecule has 2 aromatic rings. The number of ether oxygens (including phenoxy) is 1. The Morgan fingerprint density at radius 3 is 2.54 bits per heavy atom. The molecule has 0 saturated heterocycles. The molecule has 0 aliphatic carbocycles. The zero-order chi connectivity index (χ0) is 26.8. The predicted molar refractivity (Wildman–Crippen MR) is 134 cm³/mol. The van der Waals surface area contributed by atoms with Crippen molar-refractivity contribution in [1.82, 2.24) is 36.3 Å². The summed E-state index contributed by atoms with van der Waals surface area (Å²) in [5.74, 6) is -0.739. The molecule has 4 amide bonds. The van der Waals surface area contributed by atoms with Gasteiger partial charge in [-0.2, -0.15) is 0 Å². The summed E-state index contributed by atoms with van der Waals surface area (Å²) in [4.78, 5) is 50.2. The Bertz CT molecular complexity index is 1080. The minimum atomic E-state index is -0.858. The number of hydrogen-bond donors (Lipinski definition) is 4. The number of amides is 4. The highest BCUT2D eigenvalue weighted by molar-refractivity contribution is 5.95. The molecule has 12 nitrogen and oxygen atoms in total. The van der Waals surface area contributed by atoms with Gasteiger partial charge in [-0.15, -0.1) is 5.10 Å². The number of nitrogens with zero attached hydrogens (tertiary/aromatic N) is 3. The average Bonchev–Trinajstić information content (AvgIpc) is 3.32. The zero-order valence-corrected chi connectivity index (χ0v) is 21.5. The SMILES string of the molecule is CC(C)C[C@H]1NC(=O)[C@@H](C)NC(=O)CCNC(=O)c2ccc(cc2)OCCCn2cc(nn2)CNC1=O. The van der Waals surface area contributed by atoms with E-state index < -0.39 is 23.9 Å². The molecule has 2 aliphatic heterocycles. The van der Waals surface area contributed by atoms with Crippen LogP contribution in [0.1, 0.15) is 56.1 Å². The van der Waals surface area contributed by atoms with Crippen molar-refractivity contribution in [3.8, 4) is 5.75 Å². The normalized spacial score (nSPS) is 20.8. The summed E-state index contributed by atoms with van der Waals surface area (Å²) < 4.78 is 7.41. The van der Waals surface area contributed by atoms with E-state index in [9.17, 15) is 19.2 Å². The van der Waals surface area contributed by atoms with E-state index in [2.05, 4.69) is 31.6 Å². The lowest BCUT2D eigenvalue weighted by Gasteiger charge is -2.22. The van der Waals surface area contributed by atoms with E-state index in [-0.39, 0.29) is 37.2 Å². The van der Waals surface area contributed by atoms with Crippen LogP contribution in [-0.4, -0.2) is 63.9 Å². The van der Waals surface area contributed by atoms with Crippen LogP contribution in [0.3, 0.4) is 0 Å². The van der Waals surface area contributed by atoms with Crippen LogP contribution in [0.5, 0.6) is 5.75 Å². The standard InChI is InChI=1S/C25H35N7O5/c1-16(2)13-21-25(36)27-14-19-15-32(31-30-19)11-4-12-37-20-7-5-18(6-8-20)24(35)26-10-9-22(33)28-17(3)23(34)29-21/h5-8,15-17,21H,4,9-14H2,1-3H3,(H,26,35)(H,27,36)(H,28,33)(H,29,34)/t17-,21-/m1/s1. The summed E-state index contributed by atoms with van der Waals surface area (Å²) >= 11 is 0. The van der Waals surface area contributed by atoms with Crippen molar-refractivity contribution in [3.05, 3.63) is 41.7 Å². The third-order valence-electron chi connectivity index (χ3n) is 5.70. The second-order valence-corrected chi connectivity index (χ2v) is 9.40. The van der Waals surface area contributed by atoms with Gasteiger partial charge in [-0.1, -0.05) is 19.1 Å². The summed E-state index contributed by atoms with van der Waals surface area (Å²) in [5, 5.41) is 19.0. The highest BCUT2D eigenvalue weighted by Gasteiger charge is 2.25. The number of rotatable bonds is 2. The van der Waals surface area contributed by atoms with Crippen LogP contribution in [0, 0.1) is 5.92 Å². The lowest BCUT2D eigenvalue weighted by atomic mass is 10.0. The predicted octanol–water partition coefficient (Wildman–Crippen LogP) is 0.533. The van der Waals surface area contributed by atoms with Gasteiger partial charge in [0, 0.05) is 31.5 Å². The quantitative estimate of drug-likeness (QED) is 0.427. The van der Waals surface area contributed by atoms with Crippen LogP contribution in [-0.2, 0) is 27.5 Å². The Kier molecular flexibility index (Phi) is 9.99. The number of nitrogens with one attached hydrogen (secondary N) is 4. The van der Waals surface area contributed by atoms with Gasteiger partial charge in [0.05, 0.1) is 19.3 Å². The van der Waals surface area contributed by atoms with Gasteiger partial charge in [0.15, 0.2) is 0 Å². The van der Waals surface area contributed by atoms with E-state index in [0.717, 1.165) is 0 Å². The van der Waals surface area contributed by atoms with Crippen LogP contribution in [0.2, 0.25) is 0 Å². The number of aromatic nitrogens is 3. The van der Waals surface area contributed by atoms with E-state index in [1.807, 2.05) is 13.8 Å². The van der Waals surface area contributed by atoms with Crippen LogP contribution in [0.4, 0.5) is 0 Å². The maximum absolute atomic E-state index is 12.8. The molecule has 3 heterocycles. The Morgan fingerprint density at radius 2 is 1.81 bits per heavy atom. The molecule has 0 radical (unpaired) electrons. The molecule has 2 aliphatic rings. The average molecular weight is 514 g/mol. The summed E-state index contributed by atoms with van der Waals surface area (Å²) in [6.45, 7) is 6.76. The largest absolute Gasteiger partial charge is 0.494 e. The van der Waals surface area contributed by atoms with Crippen molar-refractivity contribution in [3.63, 3.8) is 0 Å². The number of fused-ring (bicyclic) bond motifs is 17. The maximum Gasteiger partial charge on any atom is 0.251 e. The molecule has 12 heteroatoms. The van der Waals surface area contributed by atoms with Crippen LogP contribution in [0.15, 0.2) is 30.5 Å². The molecule has 4 rings (SSSR count). The Morgan fingerprint density at radius 1 is 1.05 bits per heavy atom. The van der Waals surface area contributed by atoms with Gasteiger partial charge in [-0.3, -0.25) is 23.9 Å². The van der Waals surface area contributed by atoms with E-state index in [1.54, 1.807) is 42.1 Å². The van der Waals surface area contributed by atoms with Crippen molar-refractivity contribution >= 4 is 23.6 Å². The van der Waals surface area contributed by atoms with Gasteiger partial charge in [0.25, 0.3) is 5.91 Å². The van der Waals surface area contributed by atoms with Crippen molar-refractivity contribution in [2.75, 3.05) is 13.2 Å². The van der Waals surface area contributed by atoms with Gasteiger partial charge in [0.1, 0.15) is 23.5 Å². The molecular weight excluding hydrogens is 478 g/mol. The van der Waals surface area contributed by atoms with Crippen LogP contribution < -0.4 is 26.0 Å². The number of aryl methyl sites for hydroxylation is 1. The number of carbonyl (C=O) groups excluding carboxylic acids is 4. The van der Waals surface area contributed by atoms with Crippen molar-refractivity contribution in [2.45, 2.75) is 65.2 Å². The fraction of sp³-hybridized carbons (Fsp3) is 0.520. The third-order valence-corrected chi connectivity index (χ3v) is 5.70. The number of hydrogen-bond acceptors (Lipinski definition) is 7. The van der Waals surface area contributed by atoms with Gasteiger partial charge >= 0.3 is 0 Å². The van der Waals surface area contributed by atoms with Crippen molar-refractivity contribution in [1.29, 1.82) is 0 Å². The molecule has 4 bridgehead atoms. The molecule has 1 aromatic heterocycles. The summed E-state index contributed by atoms with van der Waals surface area (Å²) in [5.41, 5.74) is 1.03. The second-order valence-electron chi connectivity index (χ2n) is 9.40. The fourth-order valence-electron chi connectivity index (χ4n) is 3.72. The highest BCUT2D eigenvalue weighted by Crippen LogP contribution is 2.13. The highest BCUT2D eigenvalue weighted by atomic mass is 16.5. The number of carbonyl (C=O) groups is 4. The first-order chi connectivity index (χ1) is 17.7. The van der Waals surface area contributed by atoms with E-state index >= 15 is 0 Å². The molecule has 4 N–H and O–H groups in total. The Balaban J connectivity index is 1.70. The van der Waals surface area contributed by atoms with E-state index in [1.165, 1.54) is 0 Å². The molecule has 200 valence electrons. The molecule has 2 atom stereocenters. The monoisotopic (exact) mass is 513 g/mol. The summed E-state index contributed by atoms with van der Waals surface area (Å²) in [7, 11) is 0. The van der Waals surface area contributed by atoms with Crippen LogP contribution >= 0.6 is 0 Å². The first kappa shape index (κ1) is 27.6. The lowest BCUT2D eigenvalue weighted by molar-refractivity contribution is -0.132. The van der Waals surface area contributed by atoms with Gasteiger partial charge in [-0.05, 0) is 43.5 Å². The third kappa shape index (κ3) is 8.89. The van der Waals surface area contributed by atoms with Crippen molar-refractivity contribution < 1.29 is 23.9 Å². The fourth-order valence-corrected chi connectivity index (χ4v) is 3.72. The molecular formula is C25H35N7O5. The minimum absolute atomic E-state index is 0.00114. The molecule has 0 saturated carbocycles. The first-order valence-corrected chi connectivity index (χ1v) is 12.5. The Hall–Kier alpha value is -3.96. The minimum Gasteiger partial charge on any atom is -0.494 e.